The smallest absolute Gasteiger partial charge is 0.123 e. The summed E-state index contributed by atoms with van der Waals surface area (Å²) in [6.07, 6.45) is 3.69. The van der Waals surface area contributed by atoms with Crippen molar-refractivity contribution in [1.29, 1.82) is 0 Å². The minimum absolute atomic E-state index is 0.707. The third-order valence-electron chi connectivity index (χ3n) is 2.78. The van der Waals surface area contributed by atoms with Gasteiger partial charge in [-0.1, -0.05) is 13.0 Å². The van der Waals surface area contributed by atoms with E-state index < -0.39 is 6.10 Å². The van der Waals surface area contributed by atoms with E-state index in [0.717, 1.165) is 34.4 Å². The number of halogens is 1. The van der Waals surface area contributed by atoms with Crippen molar-refractivity contribution in [3.8, 4) is 0 Å². The summed E-state index contributed by atoms with van der Waals surface area (Å²) in [4.78, 5) is 4.21. The molecule has 0 aliphatic heterocycles. The van der Waals surface area contributed by atoms with E-state index >= 15 is 0 Å². The van der Waals surface area contributed by atoms with E-state index in [1.807, 2.05) is 23.7 Å². The first-order valence-electron chi connectivity index (χ1n) is 5.95. The second kappa shape index (κ2) is 5.63. The van der Waals surface area contributed by atoms with Crippen LogP contribution in [0, 0.1) is 6.92 Å². The number of nitrogens with zero attached hydrogens (tertiary/aromatic N) is 3. The van der Waals surface area contributed by atoms with Crippen LogP contribution in [-0.4, -0.2) is 19.9 Å². The van der Waals surface area contributed by atoms with E-state index in [1.165, 1.54) is 0 Å². The van der Waals surface area contributed by atoms with Crippen molar-refractivity contribution in [2.45, 2.75) is 32.9 Å². The van der Waals surface area contributed by atoms with E-state index in [-0.39, 0.29) is 0 Å². The summed E-state index contributed by atoms with van der Waals surface area (Å²) in [5.41, 5.74) is 2.49. The fourth-order valence-electron chi connectivity index (χ4n) is 1.83. The Bertz CT molecular complexity index is 522. The summed E-state index contributed by atoms with van der Waals surface area (Å²) in [5.74, 6) is 0. The van der Waals surface area contributed by atoms with Crippen LogP contribution in [-0.2, 0) is 6.54 Å². The van der Waals surface area contributed by atoms with Gasteiger partial charge in [0.25, 0.3) is 0 Å². The molecule has 1 atom stereocenters. The standard InChI is InChI=1S/C13H16BrN3O/c1-3-6-17-12(11(14)8-16-17)13(18)10-5-4-9(2)15-7-10/h4-5,7-8,13,18H,3,6H2,1-2H3. The molecule has 0 aliphatic carbocycles. The molecule has 96 valence electrons. The van der Waals surface area contributed by atoms with Gasteiger partial charge in [-0.2, -0.15) is 5.10 Å². The van der Waals surface area contributed by atoms with Crippen LogP contribution < -0.4 is 0 Å². The molecule has 2 rings (SSSR count). The molecule has 0 saturated heterocycles. The Kier molecular flexibility index (Phi) is 4.14. The Morgan fingerprint density at radius 1 is 1.39 bits per heavy atom. The number of pyridine rings is 1. The molecule has 5 heteroatoms. The maximum Gasteiger partial charge on any atom is 0.123 e. The van der Waals surface area contributed by atoms with Crippen LogP contribution in [0.1, 0.15) is 36.4 Å². The van der Waals surface area contributed by atoms with Crippen molar-refractivity contribution in [1.82, 2.24) is 14.8 Å². The van der Waals surface area contributed by atoms with Gasteiger partial charge in [-0.3, -0.25) is 9.67 Å². The van der Waals surface area contributed by atoms with Gasteiger partial charge in [0, 0.05) is 24.0 Å². The Morgan fingerprint density at radius 3 is 2.78 bits per heavy atom. The van der Waals surface area contributed by atoms with Crippen LogP contribution in [0.3, 0.4) is 0 Å². The Labute approximate surface area is 115 Å². The van der Waals surface area contributed by atoms with Crippen LogP contribution in [0.15, 0.2) is 29.0 Å². The first kappa shape index (κ1) is 13.2. The van der Waals surface area contributed by atoms with Crippen LogP contribution >= 0.6 is 15.9 Å². The number of aryl methyl sites for hydroxylation is 2. The minimum atomic E-state index is -0.707. The monoisotopic (exact) mass is 309 g/mol. The van der Waals surface area contributed by atoms with Crippen molar-refractivity contribution in [2.24, 2.45) is 0 Å². The second-order valence-electron chi connectivity index (χ2n) is 4.24. The number of aliphatic hydroxyl groups is 1. The first-order valence-corrected chi connectivity index (χ1v) is 6.74. The molecule has 0 spiro atoms. The molecule has 1 unspecified atom stereocenters. The molecule has 0 aromatic carbocycles. The third kappa shape index (κ3) is 2.62. The normalized spacial score (nSPS) is 12.7. The fourth-order valence-corrected chi connectivity index (χ4v) is 2.35. The number of aliphatic hydroxyl groups excluding tert-OH is 1. The highest BCUT2D eigenvalue weighted by Crippen LogP contribution is 2.28. The van der Waals surface area contributed by atoms with Gasteiger partial charge in [0.15, 0.2) is 0 Å². The highest BCUT2D eigenvalue weighted by Gasteiger charge is 2.19. The quantitative estimate of drug-likeness (QED) is 0.945. The first-order chi connectivity index (χ1) is 8.63. The van der Waals surface area contributed by atoms with E-state index in [1.54, 1.807) is 12.4 Å². The Balaban J connectivity index is 2.35. The van der Waals surface area contributed by atoms with Gasteiger partial charge in [0.05, 0.1) is 16.4 Å². The van der Waals surface area contributed by atoms with Gasteiger partial charge in [-0.15, -0.1) is 0 Å². The van der Waals surface area contributed by atoms with E-state index in [9.17, 15) is 5.11 Å². The zero-order valence-electron chi connectivity index (χ0n) is 10.5. The summed E-state index contributed by atoms with van der Waals surface area (Å²) < 4.78 is 2.65. The van der Waals surface area contributed by atoms with Crippen molar-refractivity contribution >= 4 is 15.9 Å². The molecule has 18 heavy (non-hydrogen) atoms. The fraction of sp³-hybridized carbons (Fsp3) is 0.385. The van der Waals surface area contributed by atoms with Gasteiger partial charge in [-0.25, -0.2) is 0 Å². The average molecular weight is 310 g/mol. The maximum atomic E-state index is 10.4. The predicted molar refractivity (Wildman–Crippen MR) is 73.3 cm³/mol. The largest absolute Gasteiger partial charge is 0.382 e. The van der Waals surface area contributed by atoms with Crippen LogP contribution in [0.2, 0.25) is 0 Å². The zero-order chi connectivity index (χ0) is 13.1. The SMILES string of the molecule is CCCn1ncc(Br)c1C(O)c1ccc(C)nc1. The number of hydrogen-bond acceptors (Lipinski definition) is 3. The van der Waals surface area contributed by atoms with E-state index in [2.05, 4.69) is 32.9 Å². The molecule has 4 nitrogen and oxygen atoms in total. The van der Waals surface area contributed by atoms with Crippen molar-refractivity contribution in [3.05, 3.63) is 46.0 Å². The summed E-state index contributed by atoms with van der Waals surface area (Å²) >= 11 is 3.44. The highest BCUT2D eigenvalue weighted by atomic mass is 79.9. The van der Waals surface area contributed by atoms with Gasteiger partial charge >= 0.3 is 0 Å². The van der Waals surface area contributed by atoms with Crippen molar-refractivity contribution in [3.63, 3.8) is 0 Å². The maximum absolute atomic E-state index is 10.4. The topological polar surface area (TPSA) is 50.9 Å². The summed E-state index contributed by atoms with van der Waals surface area (Å²) in [6, 6.07) is 3.79. The lowest BCUT2D eigenvalue weighted by molar-refractivity contribution is 0.206. The summed E-state index contributed by atoms with van der Waals surface area (Å²) in [5, 5.41) is 14.7. The lowest BCUT2D eigenvalue weighted by atomic mass is 10.1. The molecule has 2 aromatic heterocycles. The summed E-state index contributed by atoms with van der Waals surface area (Å²) in [7, 11) is 0. The molecule has 0 fully saturated rings. The number of hydrogen-bond donors (Lipinski definition) is 1. The van der Waals surface area contributed by atoms with Gasteiger partial charge in [0.2, 0.25) is 0 Å². The number of rotatable bonds is 4. The zero-order valence-corrected chi connectivity index (χ0v) is 12.1. The summed E-state index contributed by atoms with van der Waals surface area (Å²) in [6.45, 7) is 4.80. The van der Waals surface area contributed by atoms with Crippen LogP contribution in [0.25, 0.3) is 0 Å². The molecule has 0 radical (unpaired) electrons. The van der Waals surface area contributed by atoms with Gasteiger partial charge in [-0.05, 0) is 35.3 Å². The van der Waals surface area contributed by atoms with Crippen LogP contribution in [0.4, 0.5) is 0 Å². The van der Waals surface area contributed by atoms with Gasteiger partial charge in [0.1, 0.15) is 6.10 Å². The predicted octanol–water partition coefficient (Wildman–Crippen LogP) is 2.84. The molecule has 0 saturated carbocycles. The number of aromatic nitrogens is 3. The Hall–Kier alpha value is -1.20. The van der Waals surface area contributed by atoms with Crippen LogP contribution in [0.5, 0.6) is 0 Å². The van der Waals surface area contributed by atoms with E-state index in [4.69, 9.17) is 0 Å². The average Bonchev–Trinajstić information content (AvgIpc) is 2.71. The highest BCUT2D eigenvalue weighted by molar-refractivity contribution is 9.10. The lowest BCUT2D eigenvalue weighted by Crippen LogP contribution is -2.11. The van der Waals surface area contributed by atoms with E-state index in [0.29, 0.717) is 0 Å². The minimum Gasteiger partial charge on any atom is -0.382 e. The van der Waals surface area contributed by atoms with Crippen molar-refractivity contribution < 1.29 is 5.11 Å². The van der Waals surface area contributed by atoms with Crippen molar-refractivity contribution in [2.75, 3.05) is 0 Å². The molecular formula is C13H16BrN3O. The third-order valence-corrected chi connectivity index (χ3v) is 3.39. The molecule has 2 heterocycles. The molecule has 1 N–H and O–H groups in total. The molecule has 0 aliphatic rings. The molecule has 0 amide bonds. The second-order valence-corrected chi connectivity index (χ2v) is 5.09. The molecular weight excluding hydrogens is 294 g/mol. The lowest BCUT2D eigenvalue weighted by Gasteiger charge is -2.14. The molecule has 0 bridgehead atoms. The Morgan fingerprint density at radius 2 is 2.17 bits per heavy atom. The van der Waals surface area contributed by atoms with Gasteiger partial charge < -0.3 is 5.11 Å². The molecule has 2 aromatic rings.